The largest absolute Gasteiger partial charge is 0.337 e. The molecule has 2 N–H and O–H groups in total. The van der Waals surface area contributed by atoms with E-state index in [9.17, 15) is 0 Å². The topological polar surface area (TPSA) is 64.9 Å². The van der Waals surface area contributed by atoms with E-state index in [4.69, 9.17) is 10.3 Å². The molecule has 4 heteroatoms. The zero-order valence-electron chi connectivity index (χ0n) is 11.6. The second-order valence-corrected chi connectivity index (χ2v) is 5.25. The Morgan fingerprint density at radius 3 is 2.60 bits per heavy atom. The van der Waals surface area contributed by atoms with E-state index in [1.54, 1.807) is 0 Å². The van der Waals surface area contributed by atoms with E-state index in [2.05, 4.69) is 28.3 Å². The van der Waals surface area contributed by atoms with Gasteiger partial charge >= 0.3 is 0 Å². The van der Waals surface area contributed by atoms with Crippen LogP contribution in [-0.2, 0) is 0 Å². The third-order valence-electron chi connectivity index (χ3n) is 3.48. The maximum Gasteiger partial charge on any atom is 0.244 e. The van der Waals surface area contributed by atoms with E-state index >= 15 is 0 Å². The standard InChI is InChI=1S/C16H17N3O/c1-10(2)14(17)16-18-15(19-20-16)13-9-5-7-11-6-3-4-8-12(11)13/h3-10,14H,17H2,1-2H3/t14-/m1/s1. The quantitative estimate of drug-likeness (QED) is 0.788. The van der Waals surface area contributed by atoms with Gasteiger partial charge < -0.3 is 10.3 Å². The third kappa shape index (κ3) is 2.18. The molecule has 0 unspecified atom stereocenters. The van der Waals surface area contributed by atoms with Gasteiger partial charge in [0, 0.05) is 5.56 Å². The van der Waals surface area contributed by atoms with E-state index in [0.29, 0.717) is 11.7 Å². The van der Waals surface area contributed by atoms with Gasteiger partial charge in [-0.3, -0.25) is 0 Å². The molecule has 0 amide bonds. The van der Waals surface area contributed by atoms with Crippen molar-refractivity contribution in [2.24, 2.45) is 11.7 Å². The van der Waals surface area contributed by atoms with Crippen LogP contribution in [-0.4, -0.2) is 10.1 Å². The first-order chi connectivity index (χ1) is 9.66. The van der Waals surface area contributed by atoms with Gasteiger partial charge in [-0.25, -0.2) is 0 Å². The average Bonchev–Trinajstić information content (AvgIpc) is 2.95. The van der Waals surface area contributed by atoms with Gasteiger partial charge in [0.25, 0.3) is 0 Å². The summed E-state index contributed by atoms with van der Waals surface area (Å²) in [5.74, 6) is 1.34. The van der Waals surface area contributed by atoms with Crippen LogP contribution in [0.3, 0.4) is 0 Å². The zero-order valence-corrected chi connectivity index (χ0v) is 11.6. The van der Waals surface area contributed by atoms with E-state index in [0.717, 1.165) is 16.3 Å². The molecule has 0 aliphatic rings. The summed E-state index contributed by atoms with van der Waals surface area (Å²) >= 11 is 0. The maximum absolute atomic E-state index is 6.05. The molecule has 0 bridgehead atoms. The Balaban J connectivity index is 2.08. The second-order valence-electron chi connectivity index (χ2n) is 5.25. The minimum absolute atomic E-state index is 0.230. The van der Waals surface area contributed by atoms with Gasteiger partial charge in [0.15, 0.2) is 0 Å². The smallest absolute Gasteiger partial charge is 0.244 e. The second kappa shape index (κ2) is 5.06. The van der Waals surface area contributed by atoms with Crippen molar-refractivity contribution in [3.8, 4) is 11.4 Å². The number of nitrogens with zero attached hydrogens (tertiary/aromatic N) is 2. The third-order valence-corrected chi connectivity index (χ3v) is 3.48. The monoisotopic (exact) mass is 267 g/mol. The number of benzene rings is 2. The fourth-order valence-corrected chi connectivity index (χ4v) is 2.19. The Bertz CT molecular complexity index is 728. The first-order valence-corrected chi connectivity index (χ1v) is 6.74. The van der Waals surface area contributed by atoms with Crippen LogP contribution in [0, 0.1) is 5.92 Å². The number of rotatable bonds is 3. The number of nitrogens with two attached hydrogens (primary N) is 1. The molecule has 0 aliphatic heterocycles. The summed E-state index contributed by atoms with van der Waals surface area (Å²) in [4.78, 5) is 4.45. The lowest BCUT2D eigenvalue weighted by molar-refractivity contribution is 0.325. The summed E-state index contributed by atoms with van der Waals surface area (Å²) in [6.45, 7) is 4.07. The highest BCUT2D eigenvalue weighted by molar-refractivity contribution is 5.94. The lowest BCUT2D eigenvalue weighted by Gasteiger charge is -2.09. The minimum atomic E-state index is -0.230. The Morgan fingerprint density at radius 2 is 1.80 bits per heavy atom. The summed E-state index contributed by atoms with van der Waals surface area (Å²) in [6, 6.07) is 14.0. The highest BCUT2D eigenvalue weighted by Gasteiger charge is 2.19. The average molecular weight is 267 g/mol. The van der Waals surface area contributed by atoms with Crippen LogP contribution in [0.15, 0.2) is 47.0 Å². The predicted molar refractivity (Wildman–Crippen MR) is 79.0 cm³/mol. The molecule has 3 rings (SSSR count). The molecule has 1 aromatic heterocycles. The molecule has 0 saturated carbocycles. The lowest BCUT2D eigenvalue weighted by Crippen LogP contribution is -2.16. The molecule has 1 atom stereocenters. The molecule has 0 fully saturated rings. The van der Waals surface area contributed by atoms with Gasteiger partial charge in [-0.15, -0.1) is 0 Å². The van der Waals surface area contributed by atoms with Crippen LogP contribution in [0.4, 0.5) is 0 Å². The summed E-state index contributed by atoms with van der Waals surface area (Å²) in [7, 11) is 0. The van der Waals surface area contributed by atoms with Crippen LogP contribution in [0.5, 0.6) is 0 Å². The van der Waals surface area contributed by atoms with E-state index in [1.807, 2.05) is 38.1 Å². The molecule has 0 saturated heterocycles. The first-order valence-electron chi connectivity index (χ1n) is 6.74. The Morgan fingerprint density at radius 1 is 1.05 bits per heavy atom. The fraction of sp³-hybridized carbons (Fsp3) is 0.250. The van der Waals surface area contributed by atoms with Crippen LogP contribution in [0.2, 0.25) is 0 Å². The van der Waals surface area contributed by atoms with Crippen molar-refractivity contribution in [3.63, 3.8) is 0 Å². The number of fused-ring (bicyclic) bond motifs is 1. The normalized spacial score (nSPS) is 13.0. The number of aromatic nitrogens is 2. The summed E-state index contributed by atoms with van der Waals surface area (Å²) in [6.07, 6.45) is 0. The van der Waals surface area contributed by atoms with Gasteiger partial charge in [-0.1, -0.05) is 61.5 Å². The van der Waals surface area contributed by atoms with Crippen LogP contribution in [0.1, 0.15) is 25.8 Å². The molecule has 0 radical (unpaired) electrons. The molecule has 102 valence electrons. The predicted octanol–water partition coefficient (Wildman–Crippen LogP) is 3.55. The van der Waals surface area contributed by atoms with Crippen molar-refractivity contribution >= 4 is 10.8 Å². The Kier molecular flexibility index (Phi) is 3.24. The molecule has 4 nitrogen and oxygen atoms in total. The van der Waals surface area contributed by atoms with Crippen LogP contribution < -0.4 is 5.73 Å². The zero-order chi connectivity index (χ0) is 14.1. The van der Waals surface area contributed by atoms with E-state index < -0.39 is 0 Å². The van der Waals surface area contributed by atoms with E-state index in [1.165, 1.54) is 0 Å². The number of hydrogen-bond donors (Lipinski definition) is 1. The van der Waals surface area contributed by atoms with Gasteiger partial charge in [0.1, 0.15) is 0 Å². The van der Waals surface area contributed by atoms with Crippen molar-refractivity contribution in [3.05, 3.63) is 48.4 Å². The molecule has 0 aliphatic carbocycles. The minimum Gasteiger partial charge on any atom is -0.337 e. The van der Waals surface area contributed by atoms with Crippen LogP contribution in [0.25, 0.3) is 22.2 Å². The van der Waals surface area contributed by atoms with E-state index in [-0.39, 0.29) is 12.0 Å². The highest BCUT2D eigenvalue weighted by atomic mass is 16.5. The lowest BCUT2D eigenvalue weighted by atomic mass is 10.0. The van der Waals surface area contributed by atoms with Gasteiger partial charge in [-0.05, 0) is 16.7 Å². The Labute approximate surface area is 117 Å². The number of hydrogen-bond acceptors (Lipinski definition) is 4. The van der Waals surface area contributed by atoms with Gasteiger partial charge in [0.05, 0.1) is 6.04 Å². The van der Waals surface area contributed by atoms with Crippen molar-refractivity contribution in [1.29, 1.82) is 0 Å². The highest BCUT2D eigenvalue weighted by Crippen LogP contribution is 2.27. The summed E-state index contributed by atoms with van der Waals surface area (Å²) < 4.78 is 5.30. The van der Waals surface area contributed by atoms with Crippen molar-refractivity contribution < 1.29 is 4.52 Å². The van der Waals surface area contributed by atoms with Gasteiger partial charge in [-0.2, -0.15) is 4.98 Å². The molecular weight excluding hydrogens is 250 g/mol. The van der Waals surface area contributed by atoms with Crippen molar-refractivity contribution in [1.82, 2.24) is 10.1 Å². The summed E-state index contributed by atoms with van der Waals surface area (Å²) in [5, 5.41) is 6.34. The molecule has 2 aromatic carbocycles. The van der Waals surface area contributed by atoms with Crippen molar-refractivity contribution in [2.75, 3.05) is 0 Å². The molecule has 1 heterocycles. The maximum atomic E-state index is 6.05. The first kappa shape index (κ1) is 12.8. The SMILES string of the molecule is CC(C)[C@@H](N)c1nc(-c2cccc3ccccc23)no1. The molecule has 20 heavy (non-hydrogen) atoms. The molecule has 0 spiro atoms. The van der Waals surface area contributed by atoms with Crippen LogP contribution >= 0.6 is 0 Å². The molecular formula is C16H17N3O. The Hall–Kier alpha value is -2.20. The van der Waals surface area contributed by atoms with Crippen molar-refractivity contribution in [2.45, 2.75) is 19.9 Å². The summed E-state index contributed by atoms with van der Waals surface area (Å²) in [5.41, 5.74) is 7.01. The fourth-order valence-electron chi connectivity index (χ4n) is 2.19. The molecule has 3 aromatic rings. The van der Waals surface area contributed by atoms with Gasteiger partial charge in [0.2, 0.25) is 11.7 Å².